The van der Waals surface area contributed by atoms with Gasteiger partial charge in [0.1, 0.15) is 0 Å². The third-order valence-corrected chi connectivity index (χ3v) is 15.0. The molecule has 0 amide bonds. The second kappa shape index (κ2) is 15.7. The van der Waals surface area contributed by atoms with E-state index < -0.39 is 0 Å². The highest BCUT2D eigenvalue weighted by Gasteiger charge is 2.38. The molecule has 1 atom stereocenters. The van der Waals surface area contributed by atoms with Gasteiger partial charge in [0.15, 0.2) is 0 Å². The van der Waals surface area contributed by atoms with Crippen molar-refractivity contribution in [3.05, 3.63) is 252 Å². The molecule has 2 aliphatic carbocycles. The minimum absolute atomic E-state index is 0.156. The highest BCUT2D eigenvalue weighted by atomic mass is 15.1. The molecular formula is C66H50N2. The molecule has 10 aromatic carbocycles. The highest BCUT2D eigenvalue weighted by Crippen LogP contribution is 2.52. The van der Waals surface area contributed by atoms with E-state index in [1.54, 1.807) is 0 Å². The lowest BCUT2D eigenvalue weighted by Crippen LogP contribution is -2.18. The normalized spacial score (nSPS) is 14.7. The number of nitrogens with zero attached hydrogens (tertiary/aromatic N) is 2. The van der Waals surface area contributed by atoms with Crippen LogP contribution in [0.4, 0.5) is 17.1 Å². The van der Waals surface area contributed by atoms with Gasteiger partial charge in [0.25, 0.3) is 0 Å². The molecule has 11 aromatic rings. The quantitative estimate of drug-likeness (QED) is 0.155. The lowest BCUT2D eigenvalue weighted by Gasteiger charge is -2.29. The molecule has 2 heteroatoms. The highest BCUT2D eigenvalue weighted by molar-refractivity contribution is 6.16. The van der Waals surface area contributed by atoms with Crippen molar-refractivity contribution in [1.82, 2.24) is 4.57 Å². The van der Waals surface area contributed by atoms with Crippen molar-refractivity contribution in [1.29, 1.82) is 0 Å². The van der Waals surface area contributed by atoms with Crippen LogP contribution < -0.4 is 4.90 Å². The molecule has 0 N–H and O–H groups in total. The van der Waals surface area contributed by atoms with Crippen LogP contribution in [0.15, 0.2) is 224 Å². The van der Waals surface area contributed by atoms with Gasteiger partial charge in [-0.3, -0.25) is 0 Å². The van der Waals surface area contributed by atoms with Gasteiger partial charge in [-0.05, 0) is 133 Å². The zero-order chi connectivity index (χ0) is 45.5. The summed E-state index contributed by atoms with van der Waals surface area (Å²) < 4.78 is 2.53. The van der Waals surface area contributed by atoms with Crippen molar-refractivity contribution in [3.63, 3.8) is 0 Å². The predicted molar refractivity (Wildman–Crippen MR) is 289 cm³/mol. The van der Waals surface area contributed by atoms with E-state index in [1.165, 1.54) is 105 Å². The van der Waals surface area contributed by atoms with Gasteiger partial charge in [-0.25, -0.2) is 0 Å². The van der Waals surface area contributed by atoms with Gasteiger partial charge in [-0.2, -0.15) is 0 Å². The number of anilines is 3. The molecule has 68 heavy (non-hydrogen) atoms. The smallest absolute Gasteiger partial charge is 0.0547 e. The number of rotatable bonds is 7. The van der Waals surface area contributed by atoms with Crippen LogP contribution in [0.5, 0.6) is 0 Å². The Morgan fingerprint density at radius 1 is 0.485 bits per heavy atom. The summed E-state index contributed by atoms with van der Waals surface area (Å²) in [5, 5.41) is 5.19. The Bertz CT molecular complexity index is 3810. The summed E-state index contributed by atoms with van der Waals surface area (Å²) in [5.74, 6) is 0.420. The molecule has 1 aromatic heterocycles. The summed E-state index contributed by atoms with van der Waals surface area (Å²) in [5.41, 5.74) is 22.5. The first-order valence-electron chi connectivity index (χ1n) is 24.1. The number of benzene rings is 10. The van der Waals surface area contributed by atoms with E-state index >= 15 is 0 Å². The van der Waals surface area contributed by atoms with Crippen molar-refractivity contribution in [2.75, 3.05) is 4.90 Å². The third-order valence-electron chi connectivity index (χ3n) is 15.0. The summed E-state index contributed by atoms with van der Waals surface area (Å²) in [6.45, 7) is 7.15. The molecule has 2 nitrogen and oxygen atoms in total. The van der Waals surface area contributed by atoms with Gasteiger partial charge >= 0.3 is 0 Å². The van der Waals surface area contributed by atoms with Crippen LogP contribution in [0.3, 0.4) is 0 Å². The Labute approximate surface area is 398 Å². The molecule has 0 bridgehead atoms. The molecule has 2 aliphatic rings. The topological polar surface area (TPSA) is 8.17 Å². The molecule has 0 aliphatic heterocycles. The van der Waals surface area contributed by atoms with E-state index in [1.807, 2.05) is 0 Å². The fourth-order valence-corrected chi connectivity index (χ4v) is 12.0. The van der Waals surface area contributed by atoms with Crippen LogP contribution in [0, 0.1) is 0 Å². The number of fused-ring (bicyclic) bond motifs is 9. The maximum absolute atomic E-state index is 2.53. The maximum atomic E-state index is 2.53. The number of para-hydroxylation sites is 2. The van der Waals surface area contributed by atoms with Gasteiger partial charge in [0, 0.05) is 33.1 Å². The Morgan fingerprint density at radius 3 is 2.01 bits per heavy atom. The van der Waals surface area contributed by atoms with E-state index in [2.05, 4.69) is 261 Å². The van der Waals surface area contributed by atoms with Gasteiger partial charge in [-0.1, -0.05) is 203 Å². The van der Waals surface area contributed by atoms with E-state index in [-0.39, 0.29) is 5.41 Å². The van der Waals surface area contributed by atoms with E-state index in [9.17, 15) is 0 Å². The first kappa shape index (κ1) is 40.1. The van der Waals surface area contributed by atoms with Crippen molar-refractivity contribution >= 4 is 61.3 Å². The van der Waals surface area contributed by atoms with E-state index in [0.717, 1.165) is 23.5 Å². The second-order valence-corrected chi connectivity index (χ2v) is 19.3. The lowest BCUT2D eigenvalue weighted by molar-refractivity contribution is 0.656. The zero-order valence-corrected chi connectivity index (χ0v) is 38.6. The summed E-state index contributed by atoms with van der Waals surface area (Å²) in [7, 11) is 0. The fourth-order valence-electron chi connectivity index (χ4n) is 12.0. The minimum atomic E-state index is -0.156. The van der Waals surface area contributed by atoms with Crippen LogP contribution in [-0.4, -0.2) is 4.57 Å². The van der Waals surface area contributed by atoms with Crippen LogP contribution >= 0.6 is 0 Å². The van der Waals surface area contributed by atoms with Gasteiger partial charge < -0.3 is 9.47 Å². The Balaban J connectivity index is 0.959. The van der Waals surface area contributed by atoms with Crippen LogP contribution in [0.25, 0.3) is 83.3 Å². The van der Waals surface area contributed by atoms with Crippen LogP contribution in [-0.2, 0) is 5.41 Å². The predicted octanol–water partition coefficient (Wildman–Crippen LogP) is 18.1. The van der Waals surface area contributed by atoms with Crippen LogP contribution in [0.2, 0.25) is 0 Å². The molecule has 0 saturated carbocycles. The molecule has 0 spiro atoms. The van der Waals surface area contributed by atoms with Crippen LogP contribution in [0.1, 0.15) is 60.9 Å². The summed E-state index contributed by atoms with van der Waals surface area (Å²) >= 11 is 0. The van der Waals surface area contributed by atoms with Crippen molar-refractivity contribution in [3.8, 4) is 39.1 Å². The number of hydrogen-bond donors (Lipinski definition) is 0. The van der Waals surface area contributed by atoms with Gasteiger partial charge in [0.2, 0.25) is 0 Å². The molecule has 1 heterocycles. The summed E-state index contributed by atoms with van der Waals surface area (Å²) in [6, 6.07) is 83.1. The standard InChI is InChI=1S/C66H50N2/c1-43-40-49(41-48-35-34-46-20-7-8-24-53(46)63(43)48)44-36-38-50(39-37-44)67(59-30-13-10-23-52(59)45-18-5-4-6-19-45)51-22-15-21-47(42-51)54-27-16-32-61-64(54)57-26-11-14-31-60(57)68(61)62-33-17-28-56-55-25-9-12-29-58(55)66(2,3)65(56)62/h4-39,41-43H,40H2,1-3H3. The largest absolute Gasteiger partial charge is 0.310 e. The molecule has 0 saturated heterocycles. The van der Waals surface area contributed by atoms with Gasteiger partial charge in [-0.15, -0.1) is 0 Å². The van der Waals surface area contributed by atoms with Crippen molar-refractivity contribution < 1.29 is 0 Å². The monoisotopic (exact) mass is 870 g/mol. The molecule has 13 rings (SSSR count). The van der Waals surface area contributed by atoms with E-state index in [4.69, 9.17) is 0 Å². The average Bonchev–Trinajstić information content (AvgIpc) is 3.85. The Morgan fingerprint density at radius 2 is 1.15 bits per heavy atom. The van der Waals surface area contributed by atoms with E-state index in [0.29, 0.717) is 5.92 Å². The average molecular weight is 871 g/mol. The first-order valence-corrected chi connectivity index (χ1v) is 24.1. The van der Waals surface area contributed by atoms with Gasteiger partial charge in [0.05, 0.1) is 22.4 Å². The molecule has 0 radical (unpaired) electrons. The summed E-state index contributed by atoms with van der Waals surface area (Å²) in [4.78, 5) is 2.45. The Hall–Kier alpha value is -8.20. The molecular weight excluding hydrogens is 821 g/mol. The lowest BCUT2D eigenvalue weighted by atomic mass is 9.79. The number of aromatic nitrogens is 1. The molecule has 324 valence electrons. The maximum Gasteiger partial charge on any atom is 0.0547 e. The van der Waals surface area contributed by atoms with Crippen molar-refractivity contribution in [2.45, 2.75) is 38.5 Å². The third kappa shape index (κ3) is 6.25. The SMILES string of the molecule is CC1CC(c2ccc(N(c3cccc(-c4cccc5c4c4ccccc4n5-c4cccc5c4C(C)(C)c4ccccc4-5)c3)c3ccccc3-c3ccccc3)cc2)=Cc2ccc3ccccc3c21. The minimum Gasteiger partial charge on any atom is -0.310 e. The molecule has 0 fully saturated rings. The van der Waals surface area contributed by atoms with Crippen molar-refractivity contribution in [2.24, 2.45) is 0 Å². The zero-order valence-electron chi connectivity index (χ0n) is 38.6. The first-order chi connectivity index (χ1) is 33.4. The number of allylic oxidation sites excluding steroid dienone is 1. The molecule has 1 unspecified atom stereocenters. The summed E-state index contributed by atoms with van der Waals surface area (Å²) in [6.07, 6.45) is 3.42. The Kier molecular flexibility index (Phi) is 9.27. The second-order valence-electron chi connectivity index (χ2n) is 19.3. The number of hydrogen-bond acceptors (Lipinski definition) is 1. The fraction of sp³-hybridized carbons (Fsp3) is 0.0909.